The zero-order valence-electron chi connectivity index (χ0n) is 15.5. The fraction of sp³-hybridized carbons (Fsp3) is 0.158. The van der Waals surface area contributed by atoms with Crippen molar-refractivity contribution < 1.29 is 13.8 Å². The van der Waals surface area contributed by atoms with Crippen LogP contribution in [0.2, 0.25) is 0 Å². The van der Waals surface area contributed by atoms with Gasteiger partial charge in [-0.1, -0.05) is 30.0 Å². The molecule has 10 heteroatoms. The van der Waals surface area contributed by atoms with Gasteiger partial charge in [0.1, 0.15) is 0 Å². The third-order valence-corrected chi connectivity index (χ3v) is 5.09. The van der Waals surface area contributed by atoms with Gasteiger partial charge in [-0.05, 0) is 37.6 Å². The van der Waals surface area contributed by atoms with Crippen molar-refractivity contribution in [3.8, 4) is 22.9 Å². The highest BCUT2D eigenvalue weighted by molar-refractivity contribution is 7.99. The molecule has 0 spiro atoms. The number of nitro groups is 1. The molecule has 9 nitrogen and oxygen atoms in total. The number of hydrogen-bond donors (Lipinski definition) is 0. The molecule has 0 amide bonds. The standard InChI is InChI=1S/C19H15N5O4S/c1-11-5-3-4-6-15(11)18-22-23-19(28-18)29-12(2)16-20-21-17(27-16)13-7-9-14(10-8-13)24(25)26/h3-10,12H,1-2H3/t12-/m1/s1. The first-order valence-electron chi connectivity index (χ1n) is 8.65. The first kappa shape index (κ1) is 18.8. The Bertz CT molecular complexity index is 1160. The molecule has 2 aromatic carbocycles. The summed E-state index contributed by atoms with van der Waals surface area (Å²) in [4.78, 5) is 10.3. The predicted octanol–water partition coefficient (Wildman–Crippen LogP) is 4.86. The van der Waals surface area contributed by atoms with Crippen molar-refractivity contribution in [1.82, 2.24) is 20.4 Å². The van der Waals surface area contributed by atoms with E-state index in [1.54, 1.807) is 12.1 Å². The average Bonchev–Trinajstić information content (AvgIpc) is 3.38. The summed E-state index contributed by atoms with van der Waals surface area (Å²) in [6.07, 6.45) is 0. The molecule has 0 bridgehead atoms. The molecule has 0 aliphatic carbocycles. The maximum atomic E-state index is 10.8. The predicted molar refractivity (Wildman–Crippen MR) is 105 cm³/mol. The lowest BCUT2D eigenvalue weighted by Crippen LogP contribution is -1.88. The zero-order valence-corrected chi connectivity index (χ0v) is 16.3. The highest BCUT2D eigenvalue weighted by Crippen LogP contribution is 2.36. The van der Waals surface area contributed by atoms with Gasteiger partial charge in [0.05, 0.1) is 10.2 Å². The van der Waals surface area contributed by atoms with Crippen LogP contribution < -0.4 is 0 Å². The molecular formula is C19H15N5O4S. The fourth-order valence-electron chi connectivity index (χ4n) is 2.62. The molecule has 1 atom stereocenters. The molecule has 0 saturated heterocycles. The third kappa shape index (κ3) is 4.02. The second-order valence-corrected chi connectivity index (χ2v) is 7.49. The Kier molecular flexibility index (Phi) is 5.09. The van der Waals surface area contributed by atoms with Crippen molar-refractivity contribution in [2.45, 2.75) is 24.3 Å². The van der Waals surface area contributed by atoms with Crippen LogP contribution in [0.5, 0.6) is 0 Å². The monoisotopic (exact) mass is 409 g/mol. The van der Waals surface area contributed by atoms with E-state index in [1.165, 1.54) is 23.9 Å². The SMILES string of the molecule is Cc1ccccc1-c1nnc(S[C@H](C)c2nnc(-c3ccc([N+](=O)[O-])cc3)o2)o1. The van der Waals surface area contributed by atoms with Gasteiger partial charge in [0.25, 0.3) is 10.9 Å². The lowest BCUT2D eigenvalue weighted by atomic mass is 10.1. The van der Waals surface area contributed by atoms with Gasteiger partial charge < -0.3 is 8.83 Å². The molecule has 0 N–H and O–H groups in total. The summed E-state index contributed by atoms with van der Waals surface area (Å²) in [5.74, 6) is 1.13. The van der Waals surface area contributed by atoms with E-state index in [2.05, 4.69) is 20.4 Å². The Hall–Kier alpha value is -3.53. The summed E-state index contributed by atoms with van der Waals surface area (Å²) in [5.41, 5.74) is 2.53. The summed E-state index contributed by atoms with van der Waals surface area (Å²) in [6, 6.07) is 13.7. The number of nitro benzene ring substituents is 1. The Labute approximate surface area is 169 Å². The minimum absolute atomic E-state index is 0.00161. The fourth-order valence-corrected chi connectivity index (χ4v) is 3.34. The molecule has 146 valence electrons. The Morgan fingerprint density at radius 3 is 2.41 bits per heavy atom. The van der Waals surface area contributed by atoms with Gasteiger partial charge in [0, 0.05) is 23.3 Å². The van der Waals surface area contributed by atoms with Crippen molar-refractivity contribution in [3.63, 3.8) is 0 Å². The molecule has 0 aliphatic heterocycles. The van der Waals surface area contributed by atoms with Crippen LogP contribution >= 0.6 is 11.8 Å². The largest absolute Gasteiger partial charge is 0.419 e. The summed E-state index contributed by atoms with van der Waals surface area (Å²) in [5, 5.41) is 27.2. The average molecular weight is 409 g/mol. The normalized spacial score (nSPS) is 12.1. The molecule has 0 aliphatic rings. The van der Waals surface area contributed by atoms with Gasteiger partial charge in [-0.3, -0.25) is 10.1 Å². The molecular weight excluding hydrogens is 394 g/mol. The van der Waals surface area contributed by atoms with Crippen LogP contribution in [-0.4, -0.2) is 25.3 Å². The maximum Gasteiger partial charge on any atom is 0.277 e. The van der Waals surface area contributed by atoms with E-state index in [1.807, 2.05) is 38.1 Å². The Morgan fingerprint density at radius 1 is 0.966 bits per heavy atom. The lowest BCUT2D eigenvalue weighted by molar-refractivity contribution is -0.384. The number of rotatable bonds is 6. The molecule has 4 aromatic rings. The quantitative estimate of drug-likeness (QED) is 0.250. The first-order valence-corrected chi connectivity index (χ1v) is 9.53. The zero-order chi connectivity index (χ0) is 20.4. The van der Waals surface area contributed by atoms with Crippen LogP contribution in [0.25, 0.3) is 22.9 Å². The second kappa shape index (κ2) is 7.84. The minimum Gasteiger partial charge on any atom is -0.419 e. The Morgan fingerprint density at radius 2 is 1.69 bits per heavy atom. The van der Waals surface area contributed by atoms with Crippen LogP contribution in [0.15, 0.2) is 62.6 Å². The van der Waals surface area contributed by atoms with Gasteiger partial charge in [0.2, 0.25) is 17.7 Å². The topological polar surface area (TPSA) is 121 Å². The summed E-state index contributed by atoms with van der Waals surface area (Å²) in [6.45, 7) is 3.86. The van der Waals surface area contributed by atoms with Crippen molar-refractivity contribution >= 4 is 17.4 Å². The van der Waals surface area contributed by atoms with E-state index in [9.17, 15) is 10.1 Å². The minimum atomic E-state index is -0.461. The van der Waals surface area contributed by atoms with Crippen LogP contribution in [0.4, 0.5) is 5.69 Å². The molecule has 0 radical (unpaired) electrons. The summed E-state index contributed by atoms with van der Waals surface area (Å²) < 4.78 is 11.5. The number of benzene rings is 2. The molecule has 0 fully saturated rings. The van der Waals surface area contributed by atoms with Crippen LogP contribution in [0, 0.1) is 17.0 Å². The van der Waals surface area contributed by atoms with Crippen LogP contribution in [-0.2, 0) is 0 Å². The summed E-state index contributed by atoms with van der Waals surface area (Å²) in [7, 11) is 0. The number of thioether (sulfide) groups is 1. The number of aryl methyl sites for hydroxylation is 1. The van der Waals surface area contributed by atoms with Crippen LogP contribution in [0.1, 0.15) is 23.6 Å². The number of non-ortho nitro benzene ring substituents is 1. The van der Waals surface area contributed by atoms with Gasteiger partial charge in [0.15, 0.2) is 0 Å². The molecule has 2 aromatic heterocycles. The smallest absolute Gasteiger partial charge is 0.277 e. The number of nitrogens with zero attached hydrogens (tertiary/aromatic N) is 5. The number of hydrogen-bond acceptors (Lipinski definition) is 9. The lowest BCUT2D eigenvalue weighted by Gasteiger charge is -2.02. The second-order valence-electron chi connectivity index (χ2n) is 6.20. The van der Waals surface area contributed by atoms with Gasteiger partial charge in [-0.25, -0.2) is 0 Å². The highest BCUT2D eigenvalue weighted by Gasteiger charge is 2.20. The van der Waals surface area contributed by atoms with E-state index in [-0.39, 0.29) is 16.8 Å². The van der Waals surface area contributed by atoms with Crippen molar-refractivity contribution in [2.75, 3.05) is 0 Å². The van der Waals surface area contributed by atoms with Crippen molar-refractivity contribution in [2.24, 2.45) is 0 Å². The van der Waals surface area contributed by atoms with E-state index in [0.29, 0.717) is 22.6 Å². The third-order valence-electron chi connectivity index (χ3n) is 4.17. The maximum absolute atomic E-state index is 10.8. The van der Waals surface area contributed by atoms with Gasteiger partial charge in [-0.2, -0.15) is 0 Å². The van der Waals surface area contributed by atoms with E-state index in [0.717, 1.165) is 11.1 Å². The first-order chi connectivity index (χ1) is 14.0. The molecule has 29 heavy (non-hydrogen) atoms. The van der Waals surface area contributed by atoms with E-state index in [4.69, 9.17) is 8.83 Å². The van der Waals surface area contributed by atoms with Crippen molar-refractivity contribution in [1.29, 1.82) is 0 Å². The van der Waals surface area contributed by atoms with E-state index < -0.39 is 4.92 Å². The Balaban J connectivity index is 1.48. The number of aromatic nitrogens is 4. The highest BCUT2D eigenvalue weighted by atomic mass is 32.2. The van der Waals surface area contributed by atoms with Gasteiger partial charge in [-0.15, -0.1) is 20.4 Å². The van der Waals surface area contributed by atoms with Crippen LogP contribution in [0.3, 0.4) is 0 Å². The molecule has 2 heterocycles. The van der Waals surface area contributed by atoms with Crippen molar-refractivity contribution in [3.05, 3.63) is 70.1 Å². The molecule has 0 unspecified atom stereocenters. The molecule has 4 rings (SSSR count). The van der Waals surface area contributed by atoms with E-state index >= 15 is 0 Å². The van der Waals surface area contributed by atoms with Gasteiger partial charge >= 0.3 is 0 Å². The summed E-state index contributed by atoms with van der Waals surface area (Å²) >= 11 is 1.31. The molecule has 0 saturated carbocycles.